The second kappa shape index (κ2) is 6.38. The first-order valence-electron chi connectivity index (χ1n) is 6.38. The lowest BCUT2D eigenvalue weighted by Gasteiger charge is -2.17. The van der Waals surface area contributed by atoms with Crippen LogP contribution in [-0.2, 0) is 20.7 Å². The van der Waals surface area contributed by atoms with Gasteiger partial charge in [-0.2, -0.15) is 0 Å². The first-order valence-corrected chi connectivity index (χ1v) is 6.38. The Kier molecular flexibility index (Phi) is 4.57. The zero-order valence-corrected chi connectivity index (χ0v) is 11.2. The number of carboxylic acid groups (broad SMARTS) is 1. The molecule has 0 aliphatic carbocycles. The number of hydrogen-bond acceptors (Lipinski definition) is 4. The highest BCUT2D eigenvalue weighted by molar-refractivity contribution is 5.87. The number of carbonyl (C=O) groups excluding carboxylic acids is 1. The molecule has 108 valence electrons. The molecule has 0 fully saturated rings. The van der Waals surface area contributed by atoms with Crippen LogP contribution in [0.3, 0.4) is 0 Å². The smallest absolute Gasteiger partial charge is 0.326 e. The summed E-state index contributed by atoms with van der Waals surface area (Å²) in [5, 5.41) is 11.5. The molecule has 1 aliphatic heterocycles. The second-order valence-corrected chi connectivity index (χ2v) is 4.60. The van der Waals surface area contributed by atoms with E-state index in [1.807, 2.05) is 18.2 Å². The number of amides is 1. The van der Waals surface area contributed by atoms with Gasteiger partial charge in [0, 0.05) is 26.6 Å². The van der Waals surface area contributed by atoms with Gasteiger partial charge in [-0.3, -0.25) is 4.79 Å². The van der Waals surface area contributed by atoms with E-state index in [1.165, 1.54) is 7.11 Å². The Balaban J connectivity index is 1.94. The fraction of sp³-hybridized carbons (Fsp3) is 0.429. The van der Waals surface area contributed by atoms with Crippen LogP contribution in [0.5, 0.6) is 5.75 Å². The van der Waals surface area contributed by atoms with Crippen molar-refractivity contribution in [3.8, 4) is 5.75 Å². The minimum absolute atomic E-state index is 0.219. The number of hydrogen-bond donors (Lipinski definition) is 2. The Morgan fingerprint density at radius 1 is 1.50 bits per heavy atom. The molecule has 0 radical (unpaired) electrons. The Bertz CT molecular complexity index is 477. The van der Waals surface area contributed by atoms with Gasteiger partial charge in [0.1, 0.15) is 11.8 Å². The molecule has 2 atom stereocenters. The molecule has 20 heavy (non-hydrogen) atoms. The molecule has 1 amide bonds. The summed E-state index contributed by atoms with van der Waals surface area (Å²) in [5.41, 5.74) is 0.955. The molecule has 0 spiro atoms. The number of carbonyl (C=O) groups is 2. The van der Waals surface area contributed by atoms with Gasteiger partial charge in [0.05, 0.1) is 0 Å². The lowest BCUT2D eigenvalue weighted by molar-refractivity contribution is -0.143. The maximum absolute atomic E-state index is 12.1. The third kappa shape index (κ3) is 3.27. The molecule has 6 nitrogen and oxygen atoms in total. The summed E-state index contributed by atoms with van der Waals surface area (Å²) in [7, 11) is 1.48. The SMILES string of the molecule is COCC[C@H](NC(=O)[C@@H]1Cc2ccccc2O1)C(=O)O. The van der Waals surface area contributed by atoms with Crippen molar-refractivity contribution in [3.05, 3.63) is 29.8 Å². The van der Waals surface area contributed by atoms with Gasteiger partial charge >= 0.3 is 5.97 Å². The number of methoxy groups -OCH3 is 1. The van der Waals surface area contributed by atoms with Gasteiger partial charge in [-0.25, -0.2) is 4.79 Å². The van der Waals surface area contributed by atoms with Crippen molar-refractivity contribution in [3.63, 3.8) is 0 Å². The van der Waals surface area contributed by atoms with Crippen LogP contribution in [0.2, 0.25) is 0 Å². The van der Waals surface area contributed by atoms with Crippen molar-refractivity contribution in [2.24, 2.45) is 0 Å². The molecule has 0 aromatic heterocycles. The van der Waals surface area contributed by atoms with Crippen LogP contribution < -0.4 is 10.1 Å². The molecule has 1 aromatic carbocycles. The number of benzene rings is 1. The highest BCUT2D eigenvalue weighted by Crippen LogP contribution is 2.28. The fourth-order valence-electron chi connectivity index (χ4n) is 2.09. The highest BCUT2D eigenvalue weighted by Gasteiger charge is 2.31. The number of nitrogens with one attached hydrogen (secondary N) is 1. The molecule has 0 saturated carbocycles. The maximum Gasteiger partial charge on any atom is 0.326 e. The van der Waals surface area contributed by atoms with E-state index in [4.69, 9.17) is 14.6 Å². The zero-order valence-electron chi connectivity index (χ0n) is 11.2. The summed E-state index contributed by atoms with van der Waals surface area (Å²) >= 11 is 0. The van der Waals surface area contributed by atoms with Crippen molar-refractivity contribution in [1.82, 2.24) is 5.32 Å². The Labute approximate surface area is 116 Å². The van der Waals surface area contributed by atoms with Gasteiger partial charge in [-0.05, 0) is 11.6 Å². The molecular formula is C14H17NO5. The average Bonchev–Trinajstić information content (AvgIpc) is 2.86. The molecule has 1 heterocycles. The van der Waals surface area contributed by atoms with Crippen LogP contribution in [0.4, 0.5) is 0 Å². The van der Waals surface area contributed by atoms with E-state index in [0.29, 0.717) is 12.2 Å². The maximum atomic E-state index is 12.1. The van der Waals surface area contributed by atoms with Crippen LogP contribution >= 0.6 is 0 Å². The number of para-hydroxylation sites is 1. The molecule has 2 rings (SSSR count). The van der Waals surface area contributed by atoms with Crippen molar-refractivity contribution in [1.29, 1.82) is 0 Å². The normalized spacial score (nSPS) is 17.9. The average molecular weight is 279 g/mol. The third-order valence-corrected chi connectivity index (χ3v) is 3.16. The lowest BCUT2D eigenvalue weighted by Crippen LogP contribution is -2.47. The summed E-state index contributed by atoms with van der Waals surface area (Å²) in [6.07, 6.45) is 0.00682. The van der Waals surface area contributed by atoms with Crippen LogP contribution in [0.15, 0.2) is 24.3 Å². The third-order valence-electron chi connectivity index (χ3n) is 3.16. The van der Waals surface area contributed by atoms with Crippen LogP contribution in [0.1, 0.15) is 12.0 Å². The molecular weight excluding hydrogens is 262 g/mol. The summed E-state index contributed by atoms with van der Waals surface area (Å²) in [4.78, 5) is 23.1. The van der Waals surface area contributed by atoms with E-state index < -0.39 is 24.0 Å². The first-order chi connectivity index (χ1) is 9.61. The zero-order chi connectivity index (χ0) is 14.5. The predicted molar refractivity (Wildman–Crippen MR) is 70.6 cm³/mol. The quantitative estimate of drug-likeness (QED) is 0.796. The Morgan fingerprint density at radius 2 is 2.25 bits per heavy atom. The number of rotatable bonds is 6. The van der Waals surface area contributed by atoms with E-state index in [2.05, 4.69) is 5.32 Å². The minimum Gasteiger partial charge on any atom is -0.480 e. The largest absolute Gasteiger partial charge is 0.480 e. The molecule has 1 aromatic rings. The second-order valence-electron chi connectivity index (χ2n) is 4.60. The Morgan fingerprint density at radius 3 is 2.90 bits per heavy atom. The summed E-state index contributed by atoms with van der Waals surface area (Å²) in [5.74, 6) is -0.813. The molecule has 2 N–H and O–H groups in total. The predicted octanol–water partition coefficient (Wildman–Crippen LogP) is 0.596. The number of fused-ring (bicyclic) bond motifs is 1. The van der Waals surface area contributed by atoms with E-state index >= 15 is 0 Å². The highest BCUT2D eigenvalue weighted by atomic mass is 16.5. The molecule has 0 bridgehead atoms. The first kappa shape index (κ1) is 14.3. The van der Waals surface area contributed by atoms with Crippen LogP contribution in [0, 0.1) is 0 Å². The number of aliphatic carboxylic acids is 1. The van der Waals surface area contributed by atoms with Gasteiger partial charge in [0.2, 0.25) is 0 Å². The van der Waals surface area contributed by atoms with Crippen molar-refractivity contribution in [2.75, 3.05) is 13.7 Å². The van der Waals surface area contributed by atoms with E-state index in [1.54, 1.807) is 6.07 Å². The van der Waals surface area contributed by atoms with Gasteiger partial charge in [0.15, 0.2) is 6.10 Å². The van der Waals surface area contributed by atoms with Gasteiger partial charge in [-0.15, -0.1) is 0 Å². The monoisotopic (exact) mass is 279 g/mol. The van der Waals surface area contributed by atoms with Crippen LogP contribution in [-0.4, -0.2) is 42.8 Å². The number of ether oxygens (including phenoxy) is 2. The standard InChI is InChI=1S/C14H17NO5/c1-19-7-6-10(14(17)18)15-13(16)12-8-9-4-2-3-5-11(9)20-12/h2-5,10,12H,6-8H2,1H3,(H,15,16)(H,17,18)/t10-,12-/m0/s1. The molecule has 1 aliphatic rings. The van der Waals surface area contributed by atoms with Gasteiger partial charge in [-0.1, -0.05) is 18.2 Å². The lowest BCUT2D eigenvalue weighted by atomic mass is 10.1. The minimum atomic E-state index is -1.08. The van der Waals surface area contributed by atoms with Gasteiger partial charge < -0.3 is 19.9 Å². The van der Waals surface area contributed by atoms with E-state index in [0.717, 1.165) is 5.56 Å². The fourth-order valence-corrected chi connectivity index (χ4v) is 2.09. The van der Waals surface area contributed by atoms with E-state index in [-0.39, 0.29) is 13.0 Å². The number of carboxylic acids is 1. The van der Waals surface area contributed by atoms with Crippen molar-refractivity contribution < 1.29 is 24.2 Å². The van der Waals surface area contributed by atoms with Gasteiger partial charge in [0.25, 0.3) is 5.91 Å². The molecule has 0 unspecified atom stereocenters. The summed E-state index contributed by atoms with van der Waals surface area (Å²) < 4.78 is 10.4. The molecule has 6 heteroatoms. The Hall–Kier alpha value is -2.08. The summed E-state index contributed by atoms with van der Waals surface area (Å²) in [6.45, 7) is 0.267. The van der Waals surface area contributed by atoms with Crippen LogP contribution in [0.25, 0.3) is 0 Å². The van der Waals surface area contributed by atoms with Crippen molar-refractivity contribution in [2.45, 2.75) is 25.0 Å². The molecule has 0 saturated heterocycles. The van der Waals surface area contributed by atoms with Crippen molar-refractivity contribution >= 4 is 11.9 Å². The summed E-state index contributed by atoms with van der Waals surface area (Å²) in [6, 6.07) is 6.43. The van der Waals surface area contributed by atoms with E-state index in [9.17, 15) is 9.59 Å². The topological polar surface area (TPSA) is 84.9 Å².